The summed E-state index contributed by atoms with van der Waals surface area (Å²) in [5.41, 5.74) is 1.95. The number of benzene rings is 1. The van der Waals surface area contributed by atoms with Crippen LogP contribution in [0.15, 0.2) is 34.2 Å². The number of ketones is 4. The Balaban J connectivity index is -0.0000000989. The fourth-order valence-electron chi connectivity index (χ4n) is 6.16. The number of carbonyl (C=O) groups is 5. The number of carbonyl (C=O) groups excluding carboxylic acids is 4. The average molecular weight is 1430 g/mol. The second-order valence-electron chi connectivity index (χ2n) is 13.8. The Morgan fingerprint density at radius 3 is 1.38 bits per heavy atom. The van der Waals surface area contributed by atoms with Gasteiger partial charge in [-0.15, -0.1) is 0 Å². The molecule has 0 spiro atoms. The van der Waals surface area contributed by atoms with Crippen molar-refractivity contribution in [2.24, 2.45) is 28.7 Å². The van der Waals surface area contributed by atoms with E-state index >= 15 is 0 Å². The molecule has 4 aliphatic carbocycles. The van der Waals surface area contributed by atoms with E-state index in [1.807, 2.05) is 11.9 Å². The van der Waals surface area contributed by atoms with Crippen molar-refractivity contribution < 1.29 is 107 Å². The summed E-state index contributed by atoms with van der Waals surface area (Å²) in [5.74, 6) is 0.163. The van der Waals surface area contributed by atoms with Crippen LogP contribution < -0.4 is 48.4 Å². The van der Waals surface area contributed by atoms with Gasteiger partial charge in [0.15, 0.2) is 9.84 Å². The molecule has 0 amide bonds. The van der Waals surface area contributed by atoms with Crippen LogP contribution in [0.2, 0.25) is 0 Å². The molecule has 0 unspecified atom stereocenters. The minimum Gasteiger partial charge on any atom is -0.870 e. The van der Waals surface area contributed by atoms with Gasteiger partial charge in [0, 0.05) is 48.9 Å². The standard InChI is InChI=1S/C16H21NO3S.C8H12O2.C8H14O.C7H12O2.CH3I.CH4O.3CH4.BH4.3HI.Li.Na.H2O.V/c1-12-3-9-16(10-4-12)21(19,20)11-17-15-7-5-14(6-8-15)13(2)18;1-6(9)7-2-4-8(10)5-3-7;1-7(9)8-5-3-2-4-6-8;8-7(9)6-4-2-1-3-5-6;2*1-2;;;;;;;;;;;/h3-4,9-10,14H,5-8,11H2,1-2H3;7H,2-5H2,1H3;8H,2-6H2,1H3;6H,1-5H2,(H,8,9);1H3;2H,1H3;4*1H4;3*1H;;;1H2;/q;;;;;;;;;-1;;;;2*+1;;+3/p-4/i;;2D2;1D2;;2D;;;;1D4;;;;;;;. The number of aryl methyl sites for hydroxylation is 1. The SMILES string of the molecule is C.C.C.CC(=O)C1CCC(=NCS(=O)(=O)c2ccc(C)cc2)CC1.CC(=O)C1CCC(=O)CC1.CI.[2H]C1([2H])CCC(C(=O)O)CC1.[2H]C1([2H])CCC(C(C)=O)CC1.[2H]OC.[2H][B-]([2H])([2H])[2H].[I][V]([I])[I].[Li+].[Na+].[OH-]. The maximum atomic E-state index is 12.2. The summed E-state index contributed by atoms with van der Waals surface area (Å²) in [4.78, 5) is 60.4. The van der Waals surface area contributed by atoms with Crippen molar-refractivity contribution in [3.05, 3.63) is 29.8 Å². The number of alkyl halides is 1. The topological polar surface area (TPSA) is 202 Å². The summed E-state index contributed by atoms with van der Waals surface area (Å²) in [5, 5.41) is 12.1. The second kappa shape index (κ2) is 52.9. The van der Waals surface area contributed by atoms with Gasteiger partial charge in [-0.25, -0.2) is 13.8 Å². The van der Waals surface area contributed by atoms with E-state index in [2.05, 4.69) is 92.6 Å². The Hall–Kier alpha value is 2.08. The molecule has 0 atom stereocenters. The Bertz CT molecular complexity index is 1700. The summed E-state index contributed by atoms with van der Waals surface area (Å²) in [6.45, 7) is 6.75. The van der Waals surface area contributed by atoms with Crippen LogP contribution in [-0.2, 0) is 38.7 Å². The Kier molecular flexibility index (Phi) is 53.0. The zero-order valence-corrected chi connectivity index (χ0v) is 50.0. The van der Waals surface area contributed by atoms with Gasteiger partial charge in [0.05, 0.1) is 10.8 Å². The molecule has 1 aromatic rings. The predicted octanol–water partition coefficient (Wildman–Crippen LogP) is 5.69. The predicted molar refractivity (Wildman–Crippen MR) is 296 cm³/mol. The smallest absolute Gasteiger partial charge is 0.870 e. The average Bonchev–Trinajstić information content (AvgIpc) is 3.21. The largest absolute Gasteiger partial charge is 1.00 e. The monoisotopic (exact) mass is 1430 g/mol. The van der Waals surface area contributed by atoms with E-state index in [1.54, 1.807) is 45.0 Å². The number of hydrogen-bond acceptors (Lipinski definition) is 10. The maximum Gasteiger partial charge on any atom is 1.00 e. The molecule has 368 valence electrons. The number of aliphatic hydroxyl groups excluding tert-OH is 1. The minimum atomic E-state index is -3.36. The molecule has 1 aromatic carbocycles. The van der Waals surface area contributed by atoms with Gasteiger partial charge in [0.2, 0.25) is 1.43 Å². The van der Waals surface area contributed by atoms with Gasteiger partial charge in [-0.3, -0.25) is 29.0 Å². The molecule has 64 heavy (non-hydrogen) atoms. The summed E-state index contributed by atoms with van der Waals surface area (Å²) >= 11 is 9.54. The van der Waals surface area contributed by atoms with E-state index in [1.165, 1.54) is 7.11 Å². The first-order chi connectivity index (χ1) is 30.7. The number of carboxylic acids is 1. The van der Waals surface area contributed by atoms with Crippen LogP contribution in [0, 0.1) is 30.6 Å². The first kappa shape index (κ1) is 64.1. The van der Waals surface area contributed by atoms with Gasteiger partial charge in [0.1, 0.15) is 29.0 Å². The zero-order chi connectivity index (χ0) is 52.8. The maximum absolute atomic E-state index is 12.2. The molecule has 4 fully saturated rings. The van der Waals surface area contributed by atoms with Crippen molar-refractivity contribution in [3.63, 3.8) is 0 Å². The van der Waals surface area contributed by atoms with Crippen LogP contribution >= 0.6 is 82.5 Å². The van der Waals surface area contributed by atoms with Crippen LogP contribution in [0.25, 0.3) is 0 Å². The molecular formula is C44H83BI4LiNNaO10SV. The van der Waals surface area contributed by atoms with E-state index in [4.69, 9.17) is 17.4 Å². The molecule has 0 aliphatic heterocycles. The van der Waals surface area contributed by atoms with Crippen molar-refractivity contribution in [2.45, 2.75) is 170 Å². The number of aliphatic imine (C=N–C) groups is 1. The van der Waals surface area contributed by atoms with Crippen LogP contribution in [0.1, 0.15) is 170 Å². The van der Waals surface area contributed by atoms with E-state index in [-0.39, 0.29) is 128 Å². The minimum absolute atomic E-state index is 0. The number of sulfone groups is 1. The van der Waals surface area contributed by atoms with E-state index in [9.17, 15) is 32.4 Å². The summed E-state index contributed by atoms with van der Waals surface area (Å²) in [6.07, 6.45) is 8.06. The zero-order valence-electron chi connectivity index (χ0n) is 46.2. The molecule has 20 heteroatoms. The first-order valence-electron chi connectivity index (χ1n) is 23.7. The fourth-order valence-corrected chi connectivity index (χ4v) is 7.21. The van der Waals surface area contributed by atoms with Crippen molar-refractivity contribution in [3.8, 4) is 0 Å². The molecule has 5 rings (SSSR count). The third kappa shape index (κ3) is 44.0. The van der Waals surface area contributed by atoms with Gasteiger partial charge in [-0.05, 0) is 109 Å². The van der Waals surface area contributed by atoms with Crippen molar-refractivity contribution in [1.82, 2.24) is 0 Å². The summed E-state index contributed by atoms with van der Waals surface area (Å²) in [7, 11) is -5.07. The number of Topliss-reactive ketones (excluding diaryl/α,β-unsaturated/α-hetero) is 4. The quantitative estimate of drug-likeness (QED) is 0.194. The first-order valence-corrected chi connectivity index (χ1v) is 36.3. The normalized spacial score (nSPS) is 20.2. The number of hydrogen-bond donors (Lipinski definition) is 2. The molecular weight excluding hydrogens is 1330 g/mol. The van der Waals surface area contributed by atoms with Gasteiger partial charge >= 0.3 is 119 Å². The molecule has 4 aliphatic rings. The molecule has 0 bridgehead atoms. The molecule has 11 nitrogen and oxygen atoms in total. The number of carboxylic acid groups (broad SMARTS) is 1. The van der Waals surface area contributed by atoms with Crippen LogP contribution in [-0.4, -0.2) is 91.9 Å². The second-order valence-corrected chi connectivity index (χ2v) is 51.1. The number of rotatable bonds is 7. The van der Waals surface area contributed by atoms with Crippen molar-refractivity contribution in [1.29, 1.82) is 6.77 Å². The van der Waals surface area contributed by atoms with Crippen molar-refractivity contribution in [2.75, 3.05) is 17.9 Å². The van der Waals surface area contributed by atoms with Crippen LogP contribution in [0.3, 0.4) is 0 Å². The van der Waals surface area contributed by atoms with Gasteiger partial charge < -0.3 is 15.7 Å². The fraction of sp³-hybridized carbons (Fsp3) is 0.727. The van der Waals surface area contributed by atoms with Gasteiger partial charge in [-0.2, -0.15) is 0 Å². The van der Waals surface area contributed by atoms with Crippen LogP contribution in [0.5, 0.6) is 0 Å². The van der Waals surface area contributed by atoms with Gasteiger partial charge in [0.25, 0.3) is 0 Å². The molecule has 0 heterocycles. The third-order valence-electron chi connectivity index (χ3n) is 9.70. The summed E-state index contributed by atoms with van der Waals surface area (Å²) in [6, 6.07) is 6.82. The Morgan fingerprint density at radius 2 is 1.06 bits per heavy atom. The van der Waals surface area contributed by atoms with E-state index in [0.29, 0.717) is 62.0 Å². The Morgan fingerprint density at radius 1 is 0.766 bits per heavy atom. The summed E-state index contributed by atoms with van der Waals surface area (Å²) < 4.78 is 83.6. The third-order valence-corrected chi connectivity index (χ3v) is 11.2. The Labute approximate surface area is 489 Å². The molecule has 4 saturated carbocycles. The molecule has 0 radical (unpaired) electrons. The number of aliphatic carboxylic acids is 1. The van der Waals surface area contributed by atoms with Crippen molar-refractivity contribution >= 4 is 135 Å². The molecule has 0 saturated heterocycles. The molecule has 0 aromatic heterocycles. The van der Waals surface area contributed by atoms with Gasteiger partial charge in [-0.1, -0.05) is 109 Å². The number of aliphatic hydroxyl groups is 1. The van der Waals surface area contributed by atoms with E-state index < -0.39 is 36.8 Å². The molecule has 3 N–H and O–H groups in total. The van der Waals surface area contributed by atoms with Crippen LogP contribution in [0.4, 0.5) is 0 Å². The number of halogens is 4. The number of nitrogens with zero attached hydrogens (tertiary/aromatic N) is 1. The van der Waals surface area contributed by atoms with E-state index in [0.717, 1.165) is 62.6 Å².